The van der Waals surface area contributed by atoms with Crippen LogP contribution in [0.3, 0.4) is 0 Å². The Labute approximate surface area is 210 Å². The SMILES string of the molecule is Cc1cc(-c2cccc3c2Nc2ccccc2O3)c2c(c1)N1c3ccccc3Oc3cccc(c31)[B]2. The molecule has 3 aliphatic heterocycles. The Bertz CT molecular complexity index is 1730. The summed E-state index contributed by atoms with van der Waals surface area (Å²) < 4.78 is 12.6. The summed E-state index contributed by atoms with van der Waals surface area (Å²) in [6, 6.07) is 33.4. The highest BCUT2D eigenvalue weighted by Gasteiger charge is 2.35. The third-order valence-corrected chi connectivity index (χ3v) is 7.11. The third-order valence-electron chi connectivity index (χ3n) is 7.11. The zero-order valence-electron chi connectivity index (χ0n) is 19.6. The predicted octanol–water partition coefficient (Wildman–Crippen LogP) is 7.06. The van der Waals surface area contributed by atoms with Crippen molar-refractivity contribution >= 4 is 46.6 Å². The lowest BCUT2D eigenvalue weighted by atomic mass is 9.58. The Balaban J connectivity index is 1.37. The van der Waals surface area contributed by atoms with Crippen LogP contribution < -0.4 is 30.6 Å². The van der Waals surface area contributed by atoms with E-state index in [0.29, 0.717) is 0 Å². The van der Waals surface area contributed by atoms with Gasteiger partial charge < -0.3 is 19.7 Å². The van der Waals surface area contributed by atoms with Gasteiger partial charge in [0.25, 0.3) is 0 Å². The van der Waals surface area contributed by atoms with E-state index in [1.54, 1.807) is 0 Å². The first-order valence-electron chi connectivity index (χ1n) is 12.1. The number of hydrogen-bond acceptors (Lipinski definition) is 4. The molecule has 0 bridgehead atoms. The fourth-order valence-corrected chi connectivity index (χ4v) is 5.57. The topological polar surface area (TPSA) is 33.7 Å². The summed E-state index contributed by atoms with van der Waals surface area (Å²) in [7, 11) is 2.29. The lowest BCUT2D eigenvalue weighted by Crippen LogP contribution is -2.42. The summed E-state index contributed by atoms with van der Waals surface area (Å²) in [6.07, 6.45) is 0. The van der Waals surface area contributed by atoms with E-state index in [1.807, 2.05) is 42.5 Å². The smallest absolute Gasteiger partial charge is 0.198 e. The molecule has 0 saturated heterocycles. The predicted molar refractivity (Wildman–Crippen MR) is 146 cm³/mol. The molecule has 0 atom stereocenters. The lowest BCUT2D eigenvalue weighted by molar-refractivity contribution is 0.477. The van der Waals surface area contributed by atoms with Crippen molar-refractivity contribution in [2.75, 3.05) is 10.2 Å². The zero-order valence-corrected chi connectivity index (χ0v) is 19.6. The molecule has 5 heteroatoms. The molecule has 0 amide bonds. The molecule has 0 saturated carbocycles. The number of anilines is 5. The number of nitrogens with zero attached hydrogens (tertiary/aromatic N) is 1. The quantitative estimate of drug-likeness (QED) is 0.265. The van der Waals surface area contributed by atoms with Crippen molar-refractivity contribution in [1.82, 2.24) is 0 Å². The Morgan fingerprint density at radius 3 is 2.36 bits per heavy atom. The van der Waals surface area contributed by atoms with Crippen LogP contribution in [0.5, 0.6) is 23.0 Å². The van der Waals surface area contributed by atoms with E-state index in [1.165, 1.54) is 11.0 Å². The van der Waals surface area contributed by atoms with E-state index in [2.05, 4.69) is 79.0 Å². The van der Waals surface area contributed by atoms with Gasteiger partial charge in [-0.15, -0.1) is 0 Å². The van der Waals surface area contributed by atoms with Crippen molar-refractivity contribution in [2.24, 2.45) is 0 Å². The monoisotopic (exact) mass is 463 g/mol. The van der Waals surface area contributed by atoms with E-state index >= 15 is 0 Å². The summed E-state index contributed by atoms with van der Waals surface area (Å²) in [4.78, 5) is 2.35. The average Bonchev–Trinajstić information content (AvgIpc) is 2.91. The standard InChI is InChI=1S/C31H20BN2O2/c1-18-16-20(19-8-6-14-27-30(19)33-22-10-2-4-12-25(22)35-27)29-24(17-18)34-23-11-3-5-13-26(23)36-28-15-7-9-21(32-29)31(28)34/h2-17,33H,1H3. The second kappa shape index (κ2) is 7.19. The van der Waals surface area contributed by atoms with Crippen LogP contribution in [0.25, 0.3) is 11.1 Å². The largest absolute Gasteiger partial charge is 0.453 e. The summed E-state index contributed by atoms with van der Waals surface area (Å²) in [5, 5.41) is 3.64. The Kier molecular flexibility index (Phi) is 3.92. The minimum atomic E-state index is 0.830. The molecule has 1 N–H and O–H groups in total. The van der Waals surface area contributed by atoms with E-state index in [9.17, 15) is 0 Å². The lowest BCUT2D eigenvalue weighted by Gasteiger charge is -2.39. The van der Waals surface area contributed by atoms with Crippen LogP contribution in [0.4, 0.5) is 28.4 Å². The fourth-order valence-electron chi connectivity index (χ4n) is 5.57. The molecule has 0 unspecified atom stereocenters. The van der Waals surface area contributed by atoms with Gasteiger partial charge >= 0.3 is 0 Å². The van der Waals surface area contributed by atoms with Crippen molar-refractivity contribution in [3.63, 3.8) is 0 Å². The molecule has 1 radical (unpaired) electrons. The van der Waals surface area contributed by atoms with Crippen LogP contribution in [-0.4, -0.2) is 7.28 Å². The van der Waals surface area contributed by atoms with Crippen LogP contribution in [-0.2, 0) is 0 Å². The Morgan fingerprint density at radius 2 is 1.42 bits per heavy atom. The second-order valence-electron chi connectivity index (χ2n) is 9.39. The van der Waals surface area contributed by atoms with Crippen LogP contribution >= 0.6 is 0 Å². The number of hydrogen-bond donors (Lipinski definition) is 1. The summed E-state index contributed by atoms with van der Waals surface area (Å²) in [5.74, 6) is 3.41. The maximum atomic E-state index is 6.30. The van der Waals surface area contributed by atoms with Crippen LogP contribution in [0.1, 0.15) is 5.56 Å². The summed E-state index contributed by atoms with van der Waals surface area (Å²) in [5.41, 5.74) is 11.0. The number of aryl methyl sites for hydroxylation is 1. The van der Waals surface area contributed by atoms with Crippen LogP contribution in [0.2, 0.25) is 0 Å². The molecular formula is C31H20BN2O2. The van der Waals surface area contributed by atoms with Gasteiger partial charge in [0, 0.05) is 11.3 Å². The molecular weight excluding hydrogens is 443 g/mol. The number of rotatable bonds is 1. The molecule has 0 aromatic heterocycles. The highest BCUT2D eigenvalue weighted by atomic mass is 16.5. The van der Waals surface area contributed by atoms with Gasteiger partial charge in [-0.1, -0.05) is 60.1 Å². The van der Waals surface area contributed by atoms with Gasteiger partial charge in [0.1, 0.15) is 0 Å². The molecule has 5 aromatic carbocycles. The van der Waals surface area contributed by atoms with Gasteiger partial charge in [-0.25, -0.2) is 0 Å². The van der Waals surface area contributed by atoms with Gasteiger partial charge in [0.15, 0.2) is 30.3 Å². The number of ether oxygens (including phenoxy) is 2. The molecule has 4 nitrogen and oxygen atoms in total. The van der Waals surface area contributed by atoms with Crippen molar-refractivity contribution in [3.8, 4) is 34.1 Å². The maximum Gasteiger partial charge on any atom is 0.198 e. The van der Waals surface area contributed by atoms with E-state index < -0.39 is 0 Å². The zero-order chi connectivity index (χ0) is 23.8. The van der Waals surface area contributed by atoms with Crippen molar-refractivity contribution in [2.45, 2.75) is 6.92 Å². The van der Waals surface area contributed by atoms with Crippen molar-refractivity contribution in [3.05, 3.63) is 103 Å². The first-order valence-corrected chi connectivity index (χ1v) is 12.1. The van der Waals surface area contributed by atoms with E-state index in [4.69, 9.17) is 9.47 Å². The molecule has 8 rings (SSSR count). The van der Waals surface area contributed by atoms with Gasteiger partial charge in [-0.2, -0.15) is 0 Å². The minimum Gasteiger partial charge on any atom is -0.453 e. The van der Waals surface area contributed by atoms with Gasteiger partial charge in [-0.3, -0.25) is 0 Å². The summed E-state index contributed by atoms with van der Waals surface area (Å²) in [6.45, 7) is 2.16. The number of fused-ring (bicyclic) bond motifs is 6. The van der Waals surface area contributed by atoms with Crippen molar-refractivity contribution in [1.29, 1.82) is 0 Å². The first-order chi connectivity index (χ1) is 17.7. The second-order valence-corrected chi connectivity index (χ2v) is 9.39. The van der Waals surface area contributed by atoms with E-state index in [0.717, 1.165) is 68.0 Å². The molecule has 0 spiro atoms. The number of nitrogens with one attached hydrogen (secondary N) is 1. The molecule has 36 heavy (non-hydrogen) atoms. The molecule has 5 aromatic rings. The Hall–Kier alpha value is -4.64. The molecule has 169 valence electrons. The Morgan fingerprint density at radius 1 is 0.667 bits per heavy atom. The van der Waals surface area contributed by atoms with Gasteiger partial charge in [0.05, 0.1) is 22.7 Å². The number of benzene rings is 5. The maximum absolute atomic E-state index is 6.30. The highest BCUT2D eigenvalue weighted by Crippen LogP contribution is 2.52. The fraction of sp³-hybridized carbons (Fsp3) is 0.0323. The van der Waals surface area contributed by atoms with Gasteiger partial charge in [-0.05, 0) is 66.0 Å². The molecule has 3 aliphatic rings. The van der Waals surface area contributed by atoms with Crippen LogP contribution in [0, 0.1) is 6.92 Å². The van der Waals surface area contributed by atoms with Crippen LogP contribution in [0.15, 0.2) is 97.1 Å². The number of para-hydroxylation sites is 6. The summed E-state index contributed by atoms with van der Waals surface area (Å²) >= 11 is 0. The molecule has 0 aliphatic carbocycles. The molecule has 3 heterocycles. The van der Waals surface area contributed by atoms with E-state index in [-0.39, 0.29) is 0 Å². The minimum absolute atomic E-state index is 0.830. The van der Waals surface area contributed by atoms with Gasteiger partial charge in [0.2, 0.25) is 0 Å². The third kappa shape index (κ3) is 2.71. The molecule has 0 fully saturated rings. The normalized spacial score (nSPS) is 13.4. The van der Waals surface area contributed by atoms with Crippen molar-refractivity contribution < 1.29 is 9.47 Å². The average molecular weight is 463 g/mol. The first kappa shape index (κ1) is 19.6. The highest BCUT2D eigenvalue weighted by molar-refractivity contribution is 6.73.